The molecule has 0 aliphatic carbocycles. The van der Waals surface area contributed by atoms with E-state index in [1.165, 1.54) is 27.2 Å². The Hall–Kier alpha value is -4.20. The fraction of sp³-hybridized carbons (Fsp3) is 0.444. The fourth-order valence-electron chi connectivity index (χ4n) is 6.62. The highest BCUT2D eigenvalue weighted by atomic mass is 16.2. The second-order valence-electron chi connectivity index (χ2n) is 12.5. The lowest BCUT2D eigenvalue weighted by Crippen LogP contribution is -2.36. The first-order valence-electron chi connectivity index (χ1n) is 15.8. The van der Waals surface area contributed by atoms with Crippen LogP contribution < -0.4 is 5.32 Å². The van der Waals surface area contributed by atoms with Gasteiger partial charge in [0.2, 0.25) is 11.8 Å². The molecule has 8 bridgehead atoms. The molecule has 0 spiro atoms. The number of carbonyl (C=O) groups is 2. The van der Waals surface area contributed by atoms with Crippen molar-refractivity contribution in [2.75, 3.05) is 20.6 Å². The van der Waals surface area contributed by atoms with Crippen LogP contribution in [-0.4, -0.2) is 57.3 Å². The predicted molar refractivity (Wildman–Crippen MR) is 180 cm³/mol. The van der Waals surface area contributed by atoms with Gasteiger partial charge in [0.15, 0.2) is 0 Å². The lowest BCUT2D eigenvalue weighted by molar-refractivity contribution is -0.130. The van der Waals surface area contributed by atoms with Gasteiger partial charge in [-0.3, -0.25) is 14.6 Å². The van der Waals surface area contributed by atoms with Crippen molar-refractivity contribution >= 4 is 45.5 Å². The summed E-state index contributed by atoms with van der Waals surface area (Å²) in [5.74, 6) is -0.100. The number of nitrogens with zero attached hydrogens (tertiary/aromatic N) is 3. The quantitative estimate of drug-likeness (QED) is 0.280. The van der Waals surface area contributed by atoms with Gasteiger partial charge in [0.1, 0.15) is 0 Å². The third kappa shape index (κ3) is 5.82. The lowest BCUT2D eigenvalue weighted by Gasteiger charge is -2.17. The number of hydrogen-bond donors (Lipinski definition) is 3. The molecule has 0 fully saturated rings. The first-order valence-corrected chi connectivity index (χ1v) is 15.8. The normalized spacial score (nSPS) is 16.2. The molecule has 8 heteroatoms. The molecular formula is C36H46N6O2. The van der Waals surface area contributed by atoms with Crippen molar-refractivity contribution in [2.45, 2.75) is 86.0 Å². The van der Waals surface area contributed by atoms with Gasteiger partial charge in [-0.1, -0.05) is 20.8 Å². The molecule has 8 nitrogen and oxygen atoms in total. The molecule has 232 valence electrons. The lowest BCUT2D eigenvalue weighted by atomic mass is 9.85. The number of aromatic amines is 2. The van der Waals surface area contributed by atoms with E-state index < -0.39 is 0 Å². The molecule has 5 heterocycles. The summed E-state index contributed by atoms with van der Waals surface area (Å²) in [6.07, 6.45) is 4.93. The summed E-state index contributed by atoms with van der Waals surface area (Å²) in [5, 5.41) is 2.78. The number of H-pyrrole nitrogens is 2. The van der Waals surface area contributed by atoms with Crippen LogP contribution in [0.15, 0.2) is 18.2 Å². The number of aromatic nitrogens is 4. The molecule has 3 aromatic heterocycles. The molecule has 5 rings (SSSR count). The number of aryl methyl sites for hydroxylation is 4. The van der Waals surface area contributed by atoms with E-state index in [2.05, 4.69) is 88.0 Å². The van der Waals surface area contributed by atoms with E-state index in [1.54, 1.807) is 14.1 Å². The van der Waals surface area contributed by atoms with E-state index in [0.717, 1.165) is 68.8 Å². The molecular weight excluding hydrogens is 548 g/mol. The standard InChI is InChI=1S/C36H46N6O2/c1-10-24-21(5)30-17-33-25(11-2)20(4)29(39-33)16-31-22(6)26(12-13-34(43)37-18-35(44)42(8)9)36(41-31)23(7)28-14-19(3)27(38-28)15-32(24)40-30/h14-17,22,26,39-40H,10-13,18H2,1-9H3,(H,37,43)/t22?,26-/m0/s1. The first-order chi connectivity index (χ1) is 20.9. The topological polar surface area (TPSA) is 107 Å². The van der Waals surface area contributed by atoms with Crippen LogP contribution in [0.25, 0.3) is 33.7 Å². The van der Waals surface area contributed by atoms with Crippen molar-refractivity contribution in [3.8, 4) is 0 Å². The van der Waals surface area contributed by atoms with E-state index in [4.69, 9.17) is 9.97 Å². The molecule has 2 amide bonds. The molecule has 2 aliphatic heterocycles. The van der Waals surface area contributed by atoms with Gasteiger partial charge in [-0.2, -0.15) is 0 Å². The number of allylic oxidation sites excluding steroid dienone is 1. The minimum atomic E-state index is -0.125. The highest BCUT2D eigenvalue weighted by molar-refractivity contribution is 5.86. The second-order valence-corrected chi connectivity index (χ2v) is 12.5. The van der Waals surface area contributed by atoms with Gasteiger partial charge < -0.3 is 20.2 Å². The maximum atomic E-state index is 12.8. The molecule has 2 atom stereocenters. The third-order valence-electron chi connectivity index (χ3n) is 9.53. The van der Waals surface area contributed by atoms with Gasteiger partial charge in [0, 0.05) is 65.8 Å². The Morgan fingerprint density at radius 2 is 1.48 bits per heavy atom. The van der Waals surface area contributed by atoms with E-state index in [-0.39, 0.29) is 30.2 Å². The smallest absolute Gasteiger partial charge is 0.241 e. The highest BCUT2D eigenvalue weighted by Gasteiger charge is 2.31. The minimum absolute atomic E-state index is 0.00593. The third-order valence-corrected chi connectivity index (χ3v) is 9.53. The molecule has 44 heavy (non-hydrogen) atoms. The van der Waals surface area contributed by atoms with Crippen LogP contribution in [0.2, 0.25) is 0 Å². The van der Waals surface area contributed by atoms with Crippen LogP contribution in [0.4, 0.5) is 0 Å². The summed E-state index contributed by atoms with van der Waals surface area (Å²) in [5.41, 5.74) is 15.5. The van der Waals surface area contributed by atoms with E-state index in [0.29, 0.717) is 12.8 Å². The predicted octanol–water partition coefficient (Wildman–Crippen LogP) is 6.80. The number of fused-ring (bicyclic) bond motifs is 8. The van der Waals surface area contributed by atoms with Crippen LogP contribution in [-0.2, 0) is 22.4 Å². The largest absolute Gasteiger partial charge is 0.355 e. The Bertz CT molecular complexity index is 1820. The summed E-state index contributed by atoms with van der Waals surface area (Å²) in [4.78, 5) is 44.0. The van der Waals surface area contributed by atoms with Gasteiger partial charge >= 0.3 is 0 Å². The molecule has 0 saturated carbocycles. The van der Waals surface area contributed by atoms with Crippen LogP contribution in [0, 0.1) is 20.8 Å². The number of carbonyl (C=O) groups excluding carboxylic acids is 2. The van der Waals surface area contributed by atoms with Gasteiger partial charge in [0.25, 0.3) is 0 Å². The zero-order chi connectivity index (χ0) is 31.9. The zero-order valence-electron chi connectivity index (χ0n) is 27.7. The summed E-state index contributed by atoms with van der Waals surface area (Å²) in [7, 11) is 3.37. The summed E-state index contributed by atoms with van der Waals surface area (Å²) in [6.45, 7) is 15.2. The van der Waals surface area contributed by atoms with Crippen molar-refractivity contribution in [2.24, 2.45) is 0 Å². The van der Waals surface area contributed by atoms with Crippen molar-refractivity contribution in [1.29, 1.82) is 0 Å². The summed E-state index contributed by atoms with van der Waals surface area (Å²) >= 11 is 0. The molecule has 3 aromatic rings. The Morgan fingerprint density at radius 3 is 2.09 bits per heavy atom. The zero-order valence-corrected chi connectivity index (χ0v) is 27.7. The maximum absolute atomic E-state index is 12.8. The number of hydrogen-bond acceptors (Lipinski definition) is 4. The van der Waals surface area contributed by atoms with Crippen LogP contribution >= 0.6 is 0 Å². The minimum Gasteiger partial charge on any atom is -0.355 e. The molecule has 0 radical (unpaired) electrons. The van der Waals surface area contributed by atoms with Crippen LogP contribution in [0.1, 0.15) is 103 Å². The van der Waals surface area contributed by atoms with Crippen molar-refractivity contribution in [1.82, 2.24) is 30.2 Å². The number of nitrogens with one attached hydrogen (secondary N) is 3. The summed E-state index contributed by atoms with van der Waals surface area (Å²) < 4.78 is 0. The van der Waals surface area contributed by atoms with E-state index in [9.17, 15) is 9.59 Å². The van der Waals surface area contributed by atoms with E-state index in [1.807, 2.05) is 0 Å². The number of rotatable bonds is 7. The average molecular weight is 595 g/mol. The van der Waals surface area contributed by atoms with Gasteiger partial charge in [0.05, 0.1) is 17.9 Å². The van der Waals surface area contributed by atoms with Crippen molar-refractivity contribution in [3.63, 3.8) is 0 Å². The summed E-state index contributed by atoms with van der Waals surface area (Å²) in [6, 6.07) is 6.61. The van der Waals surface area contributed by atoms with Gasteiger partial charge in [-0.05, 0) is 105 Å². The molecule has 2 aliphatic rings. The fourth-order valence-corrected chi connectivity index (χ4v) is 6.62. The SMILES string of the molecule is CCc1c(C)c2cc3[nH]c(cc4nc(c(C)c5nc(cc1[nH]2)C(C)=C5)[C@@H](CCC(=O)NCC(=O)N(C)C)C4C)c(C)c3CC. The van der Waals surface area contributed by atoms with Crippen LogP contribution in [0.3, 0.4) is 0 Å². The monoisotopic (exact) mass is 594 g/mol. The van der Waals surface area contributed by atoms with Gasteiger partial charge in [-0.25, -0.2) is 4.98 Å². The molecule has 1 unspecified atom stereocenters. The Balaban J connectivity index is 1.70. The first kappa shape index (κ1) is 31.2. The Kier molecular flexibility index (Phi) is 8.82. The maximum Gasteiger partial charge on any atom is 0.241 e. The molecule has 3 N–H and O–H groups in total. The average Bonchev–Trinajstić information content (AvgIpc) is 3.69. The van der Waals surface area contributed by atoms with Crippen LogP contribution in [0.5, 0.6) is 0 Å². The van der Waals surface area contributed by atoms with Crippen molar-refractivity contribution in [3.05, 3.63) is 68.8 Å². The van der Waals surface area contributed by atoms with Gasteiger partial charge in [-0.15, -0.1) is 0 Å². The highest BCUT2D eigenvalue weighted by Crippen LogP contribution is 2.42. The Labute approximate surface area is 260 Å². The second kappa shape index (κ2) is 12.4. The molecule has 0 saturated heterocycles. The number of likely N-dealkylation sites (N-methyl/N-ethyl adjacent to an activating group) is 1. The van der Waals surface area contributed by atoms with Crippen molar-refractivity contribution < 1.29 is 9.59 Å². The molecule has 0 aromatic carbocycles. The van der Waals surface area contributed by atoms with E-state index >= 15 is 0 Å². The Morgan fingerprint density at radius 1 is 0.864 bits per heavy atom. The number of amides is 2.